The van der Waals surface area contributed by atoms with Gasteiger partial charge in [0.15, 0.2) is 11.6 Å². The number of hydrogen-bond acceptors (Lipinski definition) is 6. The Hall–Kier alpha value is -2.68. The van der Waals surface area contributed by atoms with Crippen molar-refractivity contribution in [1.29, 1.82) is 0 Å². The minimum Gasteiger partial charge on any atom is -0.507 e. The van der Waals surface area contributed by atoms with Gasteiger partial charge in [-0.25, -0.2) is 13.1 Å². The summed E-state index contributed by atoms with van der Waals surface area (Å²) in [4.78, 5) is 24.9. The zero-order chi connectivity index (χ0) is 19.9. The fourth-order valence-electron chi connectivity index (χ4n) is 2.78. The first-order valence-electron chi connectivity index (χ1n) is 7.75. The molecule has 0 radical (unpaired) electrons. The highest BCUT2D eigenvalue weighted by atomic mass is 35.5. The molecule has 1 atom stereocenters. The molecule has 0 aliphatic heterocycles. The first-order valence-corrected chi connectivity index (χ1v) is 9.61. The van der Waals surface area contributed by atoms with Crippen LogP contribution >= 0.6 is 11.6 Å². The number of phenolic OH excluding ortho intramolecular Hbond substituents is 2. The average Bonchev–Trinajstić information content (AvgIpc) is 2.60. The highest BCUT2D eigenvalue weighted by Gasteiger charge is 2.34. The molecule has 1 aliphatic carbocycles. The van der Waals surface area contributed by atoms with Gasteiger partial charge in [-0.05, 0) is 49.4 Å². The third kappa shape index (κ3) is 3.46. The number of aromatic hydroxyl groups is 2. The number of benzene rings is 2. The van der Waals surface area contributed by atoms with Crippen molar-refractivity contribution in [3.8, 4) is 11.5 Å². The first-order chi connectivity index (χ1) is 12.6. The van der Waals surface area contributed by atoms with Crippen LogP contribution in [0.15, 0.2) is 52.9 Å². The molecule has 2 aromatic rings. The minimum absolute atomic E-state index is 0.0603. The lowest BCUT2D eigenvalue weighted by Gasteiger charge is -2.22. The van der Waals surface area contributed by atoms with Crippen LogP contribution in [0.5, 0.6) is 11.5 Å². The molecular weight excluding hydrogens is 394 g/mol. The van der Waals surface area contributed by atoms with E-state index in [1.165, 1.54) is 31.2 Å². The molecule has 0 saturated carbocycles. The zero-order valence-electron chi connectivity index (χ0n) is 13.9. The van der Waals surface area contributed by atoms with Gasteiger partial charge in [0.05, 0.1) is 16.0 Å². The van der Waals surface area contributed by atoms with Crippen molar-refractivity contribution in [2.24, 2.45) is 0 Å². The summed E-state index contributed by atoms with van der Waals surface area (Å²) in [6.07, 6.45) is 0.957. The first kappa shape index (κ1) is 19.1. The van der Waals surface area contributed by atoms with E-state index in [2.05, 4.69) is 4.72 Å². The second-order valence-corrected chi connectivity index (χ2v) is 8.09. The maximum Gasteiger partial charge on any atom is 0.241 e. The molecular formula is C18H14ClNO6S. The number of sulfonamides is 1. The van der Waals surface area contributed by atoms with Crippen molar-refractivity contribution >= 4 is 33.2 Å². The summed E-state index contributed by atoms with van der Waals surface area (Å²) in [5.41, 5.74) is -0.808. The Labute approximate surface area is 160 Å². The van der Waals surface area contributed by atoms with Gasteiger partial charge in [-0.3, -0.25) is 9.59 Å². The maximum atomic E-state index is 12.7. The largest absolute Gasteiger partial charge is 0.507 e. The molecule has 0 heterocycles. The van der Waals surface area contributed by atoms with Crippen LogP contribution in [0.1, 0.15) is 27.6 Å². The third-order valence-electron chi connectivity index (χ3n) is 4.11. The molecule has 0 spiro atoms. The smallest absolute Gasteiger partial charge is 0.241 e. The Morgan fingerprint density at radius 3 is 2.11 bits per heavy atom. The molecule has 0 fully saturated rings. The number of carbonyl (C=O) groups is 2. The number of allylic oxidation sites excluding steroid dienone is 1. The Bertz CT molecular complexity index is 1090. The molecule has 7 nitrogen and oxygen atoms in total. The van der Waals surface area contributed by atoms with E-state index in [1.807, 2.05) is 0 Å². The maximum absolute atomic E-state index is 12.7. The van der Waals surface area contributed by atoms with Crippen LogP contribution in [0.25, 0.3) is 0 Å². The highest BCUT2D eigenvalue weighted by Crippen LogP contribution is 2.35. The monoisotopic (exact) mass is 407 g/mol. The number of halogens is 1. The SMILES string of the molecule is CC(NS(=O)(=O)c1ccc(Cl)cc1)C1=CC(=O)c2c(O)ccc(O)c2C1=O. The number of carbonyl (C=O) groups excluding carboxylic acids is 2. The number of rotatable bonds is 4. The van der Waals surface area contributed by atoms with Crippen LogP contribution in [0, 0.1) is 0 Å². The number of ketones is 2. The van der Waals surface area contributed by atoms with Crippen molar-refractivity contribution in [3.63, 3.8) is 0 Å². The van der Waals surface area contributed by atoms with Gasteiger partial charge in [0.2, 0.25) is 10.0 Å². The van der Waals surface area contributed by atoms with E-state index in [4.69, 9.17) is 11.6 Å². The van der Waals surface area contributed by atoms with Crippen LogP contribution in [0.3, 0.4) is 0 Å². The van der Waals surface area contributed by atoms with Gasteiger partial charge in [0, 0.05) is 16.6 Å². The van der Waals surface area contributed by atoms with Crippen LogP contribution in [-0.2, 0) is 10.0 Å². The number of phenols is 2. The number of fused-ring (bicyclic) bond motifs is 1. The number of nitrogens with one attached hydrogen (secondary N) is 1. The molecule has 0 aromatic heterocycles. The van der Waals surface area contributed by atoms with Gasteiger partial charge < -0.3 is 10.2 Å². The van der Waals surface area contributed by atoms with E-state index < -0.39 is 39.1 Å². The molecule has 3 N–H and O–H groups in total. The quantitative estimate of drug-likeness (QED) is 0.669. The summed E-state index contributed by atoms with van der Waals surface area (Å²) >= 11 is 5.75. The summed E-state index contributed by atoms with van der Waals surface area (Å²) in [5.74, 6) is -2.36. The summed E-state index contributed by atoms with van der Waals surface area (Å²) in [7, 11) is -3.99. The predicted octanol–water partition coefficient (Wildman–Crippen LogP) is 2.42. The second kappa shape index (κ2) is 6.80. The molecule has 1 aliphatic rings. The van der Waals surface area contributed by atoms with E-state index in [0.717, 1.165) is 18.2 Å². The van der Waals surface area contributed by atoms with Crippen LogP contribution in [0.4, 0.5) is 0 Å². The zero-order valence-corrected chi connectivity index (χ0v) is 15.5. The fraction of sp³-hybridized carbons (Fsp3) is 0.111. The lowest BCUT2D eigenvalue weighted by Crippen LogP contribution is -2.37. The van der Waals surface area contributed by atoms with Crippen molar-refractivity contribution in [1.82, 2.24) is 4.72 Å². The molecule has 0 saturated heterocycles. The topological polar surface area (TPSA) is 121 Å². The van der Waals surface area contributed by atoms with Gasteiger partial charge in [-0.1, -0.05) is 11.6 Å². The second-order valence-electron chi connectivity index (χ2n) is 5.94. The van der Waals surface area contributed by atoms with E-state index >= 15 is 0 Å². The summed E-state index contributed by atoms with van der Waals surface area (Å²) < 4.78 is 27.3. The van der Waals surface area contributed by atoms with Gasteiger partial charge in [0.25, 0.3) is 0 Å². The molecule has 1 unspecified atom stereocenters. The Balaban J connectivity index is 1.95. The average molecular weight is 408 g/mol. The van der Waals surface area contributed by atoms with E-state index in [0.29, 0.717) is 5.02 Å². The lowest BCUT2D eigenvalue weighted by atomic mass is 9.86. The summed E-state index contributed by atoms with van der Waals surface area (Å²) in [6, 6.07) is 6.56. The van der Waals surface area contributed by atoms with Crippen LogP contribution < -0.4 is 4.72 Å². The summed E-state index contributed by atoms with van der Waals surface area (Å²) in [6.45, 7) is 1.40. The lowest BCUT2D eigenvalue weighted by molar-refractivity contribution is 0.0974. The third-order valence-corrected chi connectivity index (χ3v) is 5.91. The molecule has 0 bridgehead atoms. The van der Waals surface area contributed by atoms with Gasteiger partial charge in [-0.15, -0.1) is 0 Å². The van der Waals surface area contributed by atoms with Crippen molar-refractivity contribution in [2.45, 2.75) is 17.9 Å². The number of Topliss-reactive ketones (excluding diaryl/α,β-unsaturated/α-hetero) is 1. The predicted molar refractivity (Wildman–Crippen MR) is 97.8 cm³/mol. The summed E-state index contributed by atoms with van der Waals surface area (Å²) in [5, 5.41) is 20.1. The Morgan fingerprint density at radius 1 is 0.963 bits per heavy atom. The highest BCUT2D eigenvalue weighted by molar-refractivity contribution is 7.89. The Kier molecular flexibility index (Phi) is 4.81. The van der Waals surface area contributed by atoms with Crippen molar-refractivity contribution < 1.29 is 28.2 Å². The Morgan fingerprint density at radius 2 is 1.52 bits per heavy atom. The van der Waals surface area contributed by atoms with Gasteiger partial charge in [0.1, 0.15) is 11.5 Å². The molecule has 9 heteroatoms. The molecule has 140 valence electrons. The normalized spacial score (nSPS) is 15.3. The van der Waals surface area contributed by atoms with Gasteiger partial charge in [-0.2, -0.15) is 0 Å². The van der Waals surface area contributed by atoms with E-state index in [-0.39, 0.29) is 21.6 Å². The van der Waals surface area contributed by atoms with E-state index in [1.54, 1.807) is 0 Å². The van der Waals surface area contributed by atoms with Crippen molar-refractivity contribution in [3.05, 3.63) is 64.2 Å². The van der Waals surface area contributed by atoms with Crippen molar-refractivity contribution in [2.75, 3.05) is 0 Å². The number of hydrogen-bond donors (Lipinski definition) is 3. The van der Waals surface area contributed by atoms with E-state index in [9.17, 15) is 28.2 Å². The molecule has 3 rings (SSSR count). The molecule has 0 amide bonds. The van der Waals surface area contributed by atoms with Gasteiger partial charge >= 0.3 is 0 Å². The van der Waals surface area contributed by atoms with Crippen LogP contribution in [0.2, 0.25) is 5.02 Å². The standard InChI is InChI=1S/C18H14ClNO6S/c1-9(20-27(25,26)11-4-2-10(19)3-5-11)12-8-15(23)16-13(21)6-7-14(22)17(16)18(12)24/h2-9,20-22H,1H3. The fourth-order valence-corrected chi connectivity index (χ4v) is 4.13. The van der Waals surface area contributed by atoms with Crippen LogP contribution in [-0.4, -0.2) is 36.2 Å². The molecule has 27 heavy (non-hydrogen) atoms. The minimum atomic E-state index is -3.99. The molecule has 2 aromatic carbocycles.